The molecule has 4 nitrogen and oxygen atoms in total. The minimum absolute atomic E-state index is 0.0217. The van der Waals surface area contributed by atoms with E-state index >= 15 is 0 Å². The molecule has 0 radical (unpaired) electrons. The highest BCUT2D eigenvalue weighted by Gasteiger charge is 2.35. The molecule has 1 aromatic rings. The maximum atomic E-state index is 12.3. The third kappa shape index (κ3) is 2.01. The van der Waals surface area contributed by atoms with Crippen molar-refractivity contribution >= 4 is 15.5 Å². The molecule has 100 valence electrons. The maximum absolute atomic E-state index is 12.3. The van der Waals surface area contributed by atoms with Crippen molar-refractivity contribution < 1.29 is 8.42 Å². The average Bonchev–Trinajstić information content (AvgIpc) is 2.27. The van der Waals surface area contributed by atoms with Crippen molar-refractivity contribution in [1.82, 2.24) is 0 Å². The van der Waals surface area contributed by atoms with E-state index in [4.69, 9.17) is 5.73 Å². The Bertz CT molecular complexity index is 567. The molecule has 0 amide bonds. The molecule has 0 bridgehead atoms. The maximum Gasteiger partial charge on any atom is 0.182 e. The van der Waals surface area contributed by atoms with Gasteiger partial charge in [-0.1, -0.05) is 12.1 Å². The van der Waals surface area contributed by atoms with Gasteiger partial charge in [0, 0.05) is 19.1 Å². The van der Waals surface area contributed by atoms with Gasteiger partial charge in [-0.25, -0.2) is 8.42 Å². The largest absolute Gasteiger partial charge is 0.365 e. The Labute approximate surface area is 109 Å². The van der Waals surface area contributed by atoms with Gasteiger partial charge < -0.3 is 10.6 Å². The molecule has 1 unspecified atom stereocenters. The molecule has 1 aliphatic rings. The molecule has 0 fully saturated rings. The summed E-state index contributed by atoms with van der Waals surface area (Å²) < 4.78 is 24.7. The third-order valence-electron chi connectivity index (χ3n) is 3.49. The first-order chi connectivity index (χ1) is 8.38. The summed E-state index contributed by atoms with van der Waals surface area (Å²) in [6, 6.07) is 3.83. The summed E-state index contributed by atoms with van der Waals surface area (Å²) in [7, 11) is -3.18. The Morgan fingerprint density at radius 2 is 1.94 bits per heavy atom. The fourth-order valence-corrected chi connectivity index (χ4v) is 4.82. The molecule has 0 aromatic heterocycles. The van der Waals surface area contributed by atoms with Gasteiger partial charge in [-0.2, -0.15) is 0 Å². The van der Waals surface area contributed by atoms with Gasteiger partial charge in [0.05, 0.1) is 16.3 Å². The number of anilines is 1. The molecule has 0 aliphatic carbocycles. The van der Waals surface area contributed by atoms with Crippen LogP contribution in [0.4, 0.5) is 5.69 Å². The summed E-state index contributed by atoms with van der Waals surface area (Å²) in [5.41, 5.74) is 8.31. The van der Waals surface area contributed by atoms with E-state index in [1.54, 1.807) is 0 Å². The fourth-order valence-electron chi connectivity index (χ4n) is 2.70. The monoisotopic (exact) mass is 268 g/mol. The van der Waals surface area contributed by atoms with Crippen LogP contribution in [0.25, 0.3) is 0 Å². The summed E-state index contributed by atoms with van der Waals surface area (Å²) in [5.74, 6) is 0.171. The number of fused-ring (bicyclic) bond motifs is 1. The van der Waals surface area contributed by atoms with Crippen LogP contribution in [0.5, 0.6) is 0 Å². The van der Waals surface area contributed by atoms with Crippen LogP contribution in [0, 0.1) is 13.8 Å². The lowest BCUT2D eigenvalue weighted by atomic mass is 10.1. The smallest absolute Gasteiger partial charge is 0.182 e. The van der Waals surface area contributed by atoms with Crippen LogP contribution in [-0.4, -0.2) is 33.3 Å². The van der Waals surface area contributed by atoms with Crippen LogP contribution >= 0.6 is 0 Å². The normalized spacial score (nSPS) is 21.8. The second-order valence-corrected chi connectivity index (χ2v) is 6.96. The summed E-state index contributed by atoms with van der Waals surface area (Å²) in [6.07, 6.45) is 0. The van der Waals surface area contributed by atoms with Crippen molar-refractivity contribution in [3.63, 3.8) is 0 Å². The van der Waals surface area contributed by atoms with Crippen molar-refractivity contribution in [2.24, 2.45) is 5.73 Å². The van der Waals surface area contributed by atoms with Crippen molar-refractivity contribution in [1.29, 1.82) is 0 Å². The van der Waals surface area contributed by atoms with Gasteiger partial charge in [-0.3, -0.25) is 0 Å². The molecular weight excluding hydrogens is 248 g/mol. The summed E-state index contributed by atoms with van der Waals surface area (Å²) in [6.45, 7) is 6.96. The predicted molar refractivity (Wildman–Crippen MR) is 73.8 cm³/mol. The molecule has 1 aromatic carbocycles. The van der Waals surface area contributed by atoms with E-state index in [0.29, 0.717) is 18.0 Å². The quantitative estimate of drug-likeness (QED) is 0.876. The SMILES string of the molecule is Cc1ccc(C)c2c1N(CCN)C(C)CS2(=O)=O. The topological polar surface area (TPSA) is 63.4 Å². The van der Waals surface area contributed by atoms with Crippen LogP contribution in [0.15, 0.2) is 17.0 Å². The van der Waals surface area contributed by atoms with Gasteiger partial charge >= 0.3 is 0 Å². The number of sulfone groups is 1. The zero-order valence-electron chi connectivity index (χ0n) is 11.1. The zero-order valence-corrected chi connectivity index (χ0v) is 11.9. The Kier molecular flexibility index (Phi) is 3.38. The molecule has 0 saturated carbocycles. The lowest BCUT2D eigenvalue weighted by Gasteiger charge is -2.38. The van der Waals surface area contributed by atoms with Crippen molar-refractivity contribution in [3.05, 3.63) is 23.3 Å². The first kappa shape index (κ1) is 13.4. The van der Waals surface area contributed by atoms with Gasteiger partial charge in [0.15, 0.2) is 9.84 Å². The number of rotatable bonds is 2. The third-order valence-corrected chi connectivity index (χ3v) is 5.55. The standard InChI is InChI=1S/C13H20N2O2S/c1-9-4-5-10(2)13-12(9)15(7-6-14)11(3)8-18(13,16)17/h4-5,11H,6-8,14H2,1-3H3. The van der Waals surface area contributed by atoms with Gasteiger partial charge in [0.25, 0.3) is 0 Å². The van der Waals surface area contributed by atoms with E-state index in [-0.39, 0.29) is 11.8 Å². The Morgan fingerprint density at radius 3 is 2.56 bits per heavy atom. The molecule has 0 spiro atoms. The first-order valence-electron chi connectivity index (χ1n) is 6.18. The van der Waals surface area contributed by atoms with E-state index < -0.39 is 9.84 Å². The highest BCUT2D eigenvalue weighted by Crippen LogP contribution is 2.37. The summed E-state index contributed by atoms with van der Waals surface area (Å²) in [4.78, 5) is 2.62. The Balaban J connectivity index is 2.73. The van der Waals surface area contributed by atoms with Crippen LogP contribution in [0.1, 0.15) is 18.1 Å². The molecule has 1 aliphatic heterocycles. The molecule has 0 saturated heterocycles. The fraction of sp³-hybridized carbons (Fsp3) is 0.538. The minimum atomic E-state index is -3.18. The van der Waals surface area contributed by atoms with Crippen molar-refractivity contribution in [2.45, 2.75) is 31.7 Å². The van der Waals surface area contributed by atoms with E-state index in [9.17, 15) is 8.42 Å². The molecule has 18 heavy (non-hydrogen) atoms. The van der Waals surface area contributed by atoms with Gasteiger partial charge in [0.2, 0.25) is 0 Å². The highest BCUT2D eigenvalue weighted by molar-refractivity contribution is 7.91. The minimum Gasteiger partial charge on any atom is -0.365 e. The molecule has 2 rings (SSSR count). The number of hydrogen-bond donors (Lipinski definition) is 1. The van der Waals surface area contributed by atoms with Crippen LogP contribution in [-0.2, 0) is 9.84 Å². The van der Waals surface area contributed by atoms with E-state index in [0.717, 1.165) is 16.8 Å². The molecule has 5 heteroatoms. The van der Waals surface area contributed by atoms with E-state index in [1.165, 1.54) is 0 Å². The summed E-state index contributed by atoms with van der Waals surface area (Å²) >= 11 is 0. The molecular formula is C13H20N2O2S. The molecule has 1 heterocycles. The van der Waals surface area contributed by atoms with Crippen molar-refractivity contribution in [3.8, 4) is 0 Å². The van der Waals surface area contributed by atoms with Crippen LogP contribution < -0.4 is 10.6 Å². The number of aryl methyl sites for hydroxylation is 2. The number of hydrogen-bond acceptors (Lipinski definition) is 4. The van der Waals surface area contributed by atoms with Crippen molar-refractivity contribution in [2.75, 3.05) is 23.7 Å². The number of nitrogens with two attached hydrogens (primary N) is 1. The van der Waals surface area contributed by atoms with E-state index in [1.807, 2.05) is 32.9 Å². The second kappa shape index (κ2) is 4.55. The van der Waals surface area contributed by atoms with Crippen LogP contribution in [0.2, 0.25) is 0 Å². The lowest BCUT2D eigenvalue weighted by Crippen LogP contribution is -2.45. The second-order valence-electron chi connectivity index (χ2n) is 4.99. The predicted octanol–water partition coefficient (Wildman–Crippen LogP) is 1.24. The summed E-state index contributed by atoms with van der Waals surface area (Å²) in [5, 5.41) is 0. The molecule has 2 N–H and O–H groups in total. The van der Waals surface area contributed by atoms with Gasteiger partial charge in [-0.15, -0.1) is 0 Å². The Hall–Kier alpha value is -1.07. The highest BCUT2D eigenvalue weighted by atomic mass is 32.2. The number of benzene rings is 1. The van der Waals surface area contributed by atoms with Gasteiger partial charge in [0.1, 0.15) is 0 Å². The van der Waals surface area contributed by atoms with Crippen LogP contribution in [0.3, 0.4) is 0 Å². The van der Waals surface area contributed by atoms with E-state index in [2.05, 4.69) is 4.90 Å². The number of nitrogens with zero attached hydrogens (tertiary/aromatic N) is 1. The molecule has 1 atom stereocenters. The first-order valence-corrected chi connectivity index (χ1v) is 7.83. The van der Waals surface area contributed by atoms with Gasteiger partial charge in [-0.05, 0) is 31.9 Å². The lowest BCUT2D eigenvalue weighted by molar-refractivity contribution is 0.570. The Morgan fingerprint density at radius 1 is 1.33 bits per heavy atom. The average molecular weight is 268 g/mol. The zero-order chi connectivity index (χ0) is 13.5.